The average molecular weight is 619 g/mol. The van der Waals surface area contributed by atoms with Crippen LogP contribution in [0.1, 0.15) is 91.8 Å². The van der Waals surface area contributed by atoms with E-state index in [0.29, 0.717) is 23.8 Å². The van der Waals surface area contributed by atoms with Crippen LogP contribution in [0.15, 0.2) is 72.8 Å². The Hall–Kier alpha value is -4.40. The maximum Gasteiger partial charge on any atom is 0.416 e. The minimum Gasteiger partial charge on any atom is -0.481 e. The van der Waals surface area contributed by atoms with Gasteiger partial charge in [-0.05, 0) is 76.7 Å². The van der Waals surface area contributed by atoms with E-state index in [1.54, 1.807) is 6.07 Å². The van der Waals surface area contributed by atoms with Gasteiger partial charge in [0.15, 0.2) is 0 Å². The summed E-state index contributed by atoms with van der Waals surface area (Å²) in [5.41, 5.74) is 1.49. The molecule has 1 heterocycles. The second-order valence-electron chi connectivity index (χ2n) is 12.8. The minimum absolute atomic E-state index is 0.0255. The number of aromatic nitrogens is 1. The second kappa shape index (κ2) is 12.9. The average Bonchev–Trinajstić information content (AvgIpc) is 3.49. The fraction of sp³-hybridized carbons (Fsp3) is 0.361. The summed E-state index contributed by atoms with van der Waals surface area (Å²) in [6, 6.07) is 18.4. The van der Waals surface area contributed by atoms with E-state index in [2.05, 4.69) is 38.2 Å². The number of ether oxygens (including phenoxy) is 1. The molecule has 1 saturated carbocycles. The third kappa shape index (κ3) is 8.01. The van der Waals surface area contributed by atoms with Crippen molar-refractivity contribution in [3.05, 3.63) is 101 Å². The Bertz CT molecular complexity index is 1670. The molecule has 1 unspecified atom stereocenters. The van der Waals surface area contributed by atoms with Crippen molar-refractivity contribution in [3.63, 3.8) is 0 Å². The van der Waals surface area contributed by atoms with Gasteiger partial charge in [-0.1, -0.05) is 76.8 Å². The Morgan fingerprint density at radius 3 is 2.13 bits per heavy atom. The molecule has 1 aliphatic carbocycles. The molecule has 3 aromatic carbocycles. The number of hydrogen-bond acceptors (Lipinski definition) is 4. The first-order valence-electron chi connectivity index (χ1n) is 15.2. The lowest BCUT2D eigenvalue weighted by Gasteiger charge is -2.20. The van der Waals surface area contributed by atoms with Crippen LogP contribution < -0.4 is 10.1 Å². The van der Waals surface area contributed by atoms with Gasteiger partial charge in [-0.25, -0.2) is 4.98 Å². The number of rotatable bonds is 9. The normalized spacial score (nSPS) is 14.8. The van der Waals surface area contributed by atoms with Gasteiger partial charge in [0.05, 0.1) is 18.0 Å². The van der Waals surface area contributed by atoms with Crippen LogP contribution in [0, 0.1) is 5.92 Å². The number of nitrogens with zero attached hydrogens (tertiary/aromatic N) is 1. The number of aliphatic carboxylic acids is 1. The molecule has 45 heavy (non-hydrogen) atoms. The molecule has 1 aliphatic rings. The van der Waals surface area contributed by atoms with Gasteiger partial charge in [0.25, 0.3) is 5.91 Å². The van der Waals surface area contributed by atoms with Crippen molar-refractivity contribution in [3.8, 4) is 11.5 Å². The van der Waals surface area contributed by atoms with Crippen LogP contribution in [0.25, 0.3) is 10.8 Å². The maximum absolute atomic E-state index is 13.5. The molecule has 1 aromatic heterocycles. The SMILES string of the molecule is CC(C)(C)c1ccc(Oc2ccc3cc(C(=O)NC(CC(=O)O)c4ccc(C(F)(F)F)cc4)nc(CC4CCCC4)c3c2)cc1. The zero-order chi connectivity index (χ0) is 32.4. The van der Waals surface area contributed by atoms with E-state index in [1.807, 2.05) is 30.3 Å². The summed E-state index contributed by atoms with van der Waals surface area (Å²) in [6.07, 6.45) is 0.0822. The molecule has 6 nitrogen and oxygen atoms in total. The molecule has 0 saturated heterocycles. The number of carbonyl (C=O) groups is 2. The number of amides is 1. The summed E-state index contributed by atoms with van der Waals surface area (Å²) in [5, 5.41) is 13.8. The Labute approximate surface area is 260 Å². The highest BCUT2D eigenvalue weighted by molar-refractivity contribution is 5.98. The molecule has 5 rings (SSSR count). The minimum atomic E-state index is -4.53. The van der Waals surface area contributed by atoms with Crippen molar-refractivity contribution >= 4 is 22.6 Å². The zero-order valence-corrected chi connectivity index (χ0v) is 25.6. The number of carboxylic acids is 1. The number of pyridine rings is 1. The molecule has 9 heteroatoms. The third-order valence-electron chi connectivity index (χ3n) is 8.35. The van der Waals surface area contributed by atoms with Gasteiger partial charge in [0.2, 0.25) is 0 Å². The van der Waals surface area contributed by atoms with E-state index in [9.17, 15) is 27.9 Å². The summed E-state index contributed by atoms with van der Waals surface area (Å²) in [6.45, 7) is 6.46. The summed E-state index contributed by atoms with van der Waals surface area (Å²) in [4.78, 5) is 29.9. The lowest BCUT2D eigenvalue weighted by Crippen LogP contribution is -2.31. The van der Waals surface area contributed by atoms with E-state index in [0.717, 1.165) is 54.3 Å². The molecular formula is C36H37F3N2O4. The van der Waals surface area contributed by atoms with Crippen LogP contribution in [0.3, 0.4) is 0 Å². The molecule has 1 atom stereocenters. The van der Waals surface area contributed by atoms with E-state index in [4.69, 9.17) is 9.72 Å². The van der Waals surface area contributed by atoms with Crippen molar-refractivity contribution in [2.24, 2.45) is 5.92 Å². The van der Waals surface area contributed by atoms with Crippen LogP contribution in [-0.4, -0.2) is 22.0 Å². The topological polar surface area (TPSA) is 88.5 Å². The first-order valence-corrected chi connectivity index (χ1v) is 15.2. The second-order valence-corrected chi connectivity index (χ2v) is 12.8. The monoisotopic (exact) mass is 618 g/mol. The predicted octanol–water partition coefficient (Wildman–Crippen LogP) is 9.02. The van der Waals surface area contributed by atoms with Crippen molar-refractivity contribution < 1.29 is 32.6 Å². The Morgan fingerprint density at radius 1 is 0.911 bits per heavy atom. The number of fused-ring (bicyclic) bond motifs is 1. The summed E-state index contributed by atoms with van der Waals surface area (Å²) >= 11 is 0. The molecule has 2 N–H and O–H groups in total. The summed E-state index contributed by atoms with van der Waals surface area (Å²) in [5.74, 6) is -0.0255. The number of carbonyl (C=O) groups excluding carboxylic acids is 1. The van der Waals surface area contributed by atoms with Crippen molar-refractivity contribution in [1.29, 1.82) is 0 Å². The highest BCUT2D eigenvalue weighted by atomic mass is 19.4. The van der Waals surface area contributed by atoms with Crippen LogP contribution in [-0.2, 0) is 22.8 Å². The number of nitrogens with one attached hydrogen (secondary N) is 1. The van der Waals surface area contributed by atoms with Gasteiger partial charge < -0.3 is 15.2 Å². The molecule has 4 aromatic rings. The van der Waals surface area contributed by atoms with Crippen LogP contribution >= 0.6 is 0 Å². The molecule has 0 aliphatic heterocycles. The van der Waals surface area contributed by atoms with Gasteiger partial charge in [0, 0.05) is 11.1 Å². The van der Waals surface area contributed by atoms with E-state index in [-0.39, 0.29) is 16.7 Å². The molecule has 1 amide bonds. The highest BCUT2D eigenvalue weighted by Crippen LogP contribution is 2.34. The fourth-order valence-corrected chi connectivity index (χ4v) is 5.84. The van der Waals surface area contributed by atoms with Gasteiger partial charge >= 0.3 is 12.1 Å². The number of carboxylic acid groups (broad SMARTS) is 1. The number of hydrogen-bond donors (Lipinski definition) is 2. The van der Waals surface area contributed by atoms with Gasteiger partial charge in [-0.2, -0.15) is 13.2 Å². The van der Waals surface area contributed by atoms with Gasteiger partial charge in [-0.3, -0.25) is 9.59 Å². The predicted molar refractivity (Wildman–Crippen MR) is 167 cm³/mol. The molecular weight excluding hydrogens is 581 g/mol. The largest absolute Gasteiger partial charge is 0.481 e. The Balaban J connectivity index is 1.44. The van der Waals surface area contributed by atoms with Crippen molar-refractivity contribution in [2.45, 2.75) is 76.9 Å². The molecule has 236 valence electrons. The number of alkyl halides is 3. The lowest BCUT2D eigenvalue weighted by atomic mass is 9.87. The molecule has 1 fully saturated rings. The van der Waals surface area contributed by atoms with Gasteiger partial charge in [-0.15, -0.1) is 0 Å². The van der Waals surface area contributed by atoms with Gasteiger partial charge in [0.1, 0.15) is 17.2 Å². The number of benzene rings is 3. The van der Waals surface area contributed by atoms with Crippen LogP contribution in [0.5, 0.6) is 11.5 Å². The Kier molecular flexibility index (Phi) is 9.18. The highest BCUT2D eigenvalue weighted by Gasteiger charge is 2.31. The standard InChI is InChI=1S/C36H37F3N2O4/c1-35(2,3)25-13-16-27(17-14-25)45-28-15-10-24-19-32(40-31(29(24)20-28)18-22-6-4-5-7-22)34(44)41-30(21-33(42)43)23-8-11-26(12-9-23)36(37,38)39/h8-17,19-20,22,30H,4-7,18,21H2,1-3H3,(H,41,44)(H,42,43). The van der Waals surface area contributed by atoms with E-state index < -0.39 is 36.1 Å². The van der Waals surface area contributed by atoms with Crippen LogP contribution in [0.4, 0.5) is 13.2 Å². The third-order valence-corrected chi connectivity index (χ3v) is 8.35. The molecule has 0 spiro atoms. The Morgan fingerprint density at radius 2 is 1.53 bits per heavy atom. The first-order chi connectivity index (χ1) is 21.3. The quantitative estimate of drug-likeness (QED) is 0.195. The van der Waals surface area contributed by atoms with Crippen molar-refractivity contribution in [1.82, 2.24) is 10.3 Å². The summed E-state index contributed by atoms with van der Waals surface area (Å²) < 4.78 is 45.4. The van der Waals surface area contributed by atoms with E-state index >= 15 is 0 Å². The first kappa shape index (κ1) is 32.0. The fourth-order valence-electron chi connectivity index (χ4n) is 5.84. The van der Waals surface area contributed by atoms with E-state index in [1.165, 1.54) is 17.7 Å². The zero-order valence-electron chi connectivity index (χ0n) is 25.6. The summed E-state index contributed by atoms with van der Waals surface area (Å²) in [7, 11) is 0. The lowest BCUT2D eigenvalue weighted by molar-refractivity contribution is -0.138. The van der Waals surface area contributed by atoms with Crippen molar-refractivity contribution in [2.75, 3.05) is 0 Å². The molecule has 0 bridgehead atoms. The number of halogens is 3. The van der Waals surface area contributed by atoms with Crippen LogP contribution in [0.2, 0.25) is 0 Å². The molecule has 0 radical (unpaired) electrons. The smallest absolute Gasteiger partial charge is 0.416 e. The maximum atomic E-state index is 13.5.